The zero-order valence-electron chi connectivity index (χ0n) is 17.5. The van der Waals surface area contributed by atoms with Crippen molar-refractivity contribution in [3.63, 3.8) is 0 Å². The van der Waals surface area contributed by atoms with Gasteiger partial charge in [0.15, 0.2) is 0 Å². The number of benzene rings is 1. The van der Waals surface area contributed by atoms with E-state index in [1.807, 2.05) is 43.9 Å². The molecule has 1 aromatic rings. The van der Waals surface area contributed by atoms with Crippen molar-refractivity contribution in [3.8, 4) is 0 Å². The van der Waals surface area contributed by atoms with E-state index in [2.05, 4.69) is 5.32 Å². The Kier molecular flexibility index (Phi) is 6.57. The number of rotatable bonds is 5. The number of likely N-dealkylation sites (tertiary alicyclic amines) is 1. The number of hydrogen-bond acceptors (Lipinski definition) is 4. The first kappa shape index (κ1) is 21.3. The van der Waals surface area contributed by atoms with Gasteiger partial charge in [-0.3, -0.25) is 19.3 Å². The first-order chi connectivity index (χ1) is 13.9. The standard InChI is InChI=1S/C22H31N3O4/c1-4-12-23-19(26)18-15-29-22(10-13-24(14-11-22)20(27)16(2)3)25(18)21(28)17-8-6-5-7-9-17/h5-9,16,18H,4,10-15H2,1-3H3,(H,23,26)/t18-/m0/s1. The third-order valence-corrected chi connectivity index (χ3v) is 5.70. The smallest absolute Gasteiger partial charge is 0.256 e. The minimum absolute atomic E-state index is 0.0665. The monoisotopic (exact) mass is 401 g/mol. The van der Waals surface area contributed by atoms with Crippen LogP contribution in [0.4, 0.5) is 0 Å². The maximum atomic E-state index is 13.4. The highest BCUT2D eigenvalue weighted by atomic mass is 16.5. The molecule has 2 heterocycles. The molecular weight excluding hydrogens is 370 g/mol. The van der Waals surface area contributed by atoms with Gasteiger partial charge in [-0.05, 0) is 18.6 Å². The van der Waals surface area contributed by atoms with Crippen molar-refractivity contribution in [2.24, 2.45) is 5.92 Å². The normalized spacial score (nSPS) is 20.9. The molecule has 1 aromatic carbocycles. The average molecular weight is 402 g/mol. The summed E-state index contributed by atoms with van der Waals surface area (Å²) >= 11 is 0. The Hall–Kier alpha value is -2.41. The van der Waals surface area contributed by atoms with Crippen LogP contribution < -0.4 is 5.32 Å². The van der Waals surface area contributed by atoms with Gasteiger partial charge < -0.3 is 15.0 Å². The number of ether oxygens (including phenoxy) is 1. The van der Waals surface area contributed by atoms with Crippen LogP contribution in [0.3, 0.4) is 0 Å². The van der Waals surface area contributed by atoms with E-state index in [-0.39, 0.29) is 30.2 Å². The molecule has 2 aliphatic heterocycles. The molecule has 2 aliphatic rings. The topological polar surface area (TPSA) is 79.0 Å². The molecule has 7 nitrogen and oxygen atoms in total. The Morgan fingerprint density at radius 2 is 1.83 bits per heavy atom. The maximum absolute atomic E-state index is 13.4. The zero-order chi connectivity index (χ0) is 21.0. The molecular formula is C22H31N3O4. The number of hydrogen-bond donors (Lipinski definition) is 1. The summed E-state index contributed by atoms with van der Waals surface area (Å²) in [4.78, 5) is 42.0. The summed E-state index contributed by atoms with van der Waals surface area (Å²) in [7, 11) is 0. The van der Waals surface area contributed by atoms with Crippen molar-refractivity contribution in [1.29, 1.82) is 0 Å². The molecule has 0 aliphatic carbocycles. The molecule has 1 N–H and O–H groups in total. The zero-order valence-corrected chi connectivity index (χ0v) is 17.5. The van der Waals surface area contributed by atoms with E-state index in [1.54, 1.807) is 17.0 Å². The third kappa shape index (κ3) is 4.29. The van der Waals surface area contributed by atoms with Gasteiger partial charge in [-0.2, -0.15) is 0 Å². The summed E-state index contributed by atoms with van der Waals surface area (Å²) in [5.74, 6) is -0.351. The lowest BCUT2D eigenvalue weighted by atomic mass is 9.95. The first-order valence-electron chi connectivity index (χ1n) is 10.5. The van der Waals surface area contributed by atoms with Gasteiger partial charge in [-0.25, -0.2) is 0 Å². The lowest BCUT2D eigenvalue weighted by molar-refractivity contribution is -0.146. The molecule has 0 saturated carbocycles. The van der Waals surface area contributed by atoms with Crippen LogP contribution in [0, 0.1) is 5.92 Å². The molecule has 3 rings (SSSR count). The summed E-state index contributed by atoms with van der Waals surface area (Å²) in [5.41, 5.74) is -0.319. The van der Waals surface area contributed by atoms with E-state index in [9.17, 15) is 14.4 Å². The van der Waals surface area contributed by atoms with Crippen LogP contribution in [0.25, 0.3) is 0 Å². The van der Waals surface area contributed by atoms with Crippen molar-refractivity contribution >= 4 is 17.7 Å². The highest BCUT2D eigenvalue weighted by Gasteiger charge is 2.54. The van der Waals surface area contributed by atoms with Crippen LogP contribution in [-0.4, -0.2) is 65.5 Å². The van der Waals surface area contributed by atoms with E-state index in [4.69, 9.17) is 4.74 Å². The van der Waals surface area contributed by atoms with Crippen molar-refractivity contribution in [3.05, 3.63) is 35.9 Å². The fourth-order valence-corrected chi connectivity index (χ4v) is 4.09. The molecule has 158 valence electrons. The highest BCUT2D eigenvalue weighted by Crippen LogP contribution is 2.38. The van der Waals surface area contributed by atoms with Gasteiger partial charge in [0, 0.05) is 44.0 Å². The van der Waals surface area contributed by atoms with Gasteiger partial charge in [0.1, 0.15) is 11.8 Å². The Morgan fingerprint density at radius 1 is 1.17 bits per heavy atom. The van der Waals surface area contributed by atoms with Crippen LogP contribution in [0.5, 0.6) is 0 Å². The molecule has 1 atom stereocenters. The van der Waals surface area contributed by atoms with Gasteiger partial charge in [0.2, 0.25) is 11.8 Å². The predicted molar refractivity (Wildman–Crippen MR) is 109 cm³/mol. The van der Waals surface area contributed by atoms with E-state index in [0.29, 0.717) is 38.0 Å². The molecule has 2 fully saturated rings. The van der Waals surface area contributed by atoms with Crippen LogP contribution >= 0.6 is 0 Å². The lowest BCUT2D eigenvalue weighted by Gasteiger charge is -2.44. The lowest BCUT2D eigenvalue weighted by Crippen LogP contribution is -2.60. The third-order valence-electron chi connectivity index (χ3n) is 5.70. The quantitative estimate of drug-likeness (QED) is 0.819. The second kappa shape index (κ2) is 8.95. The van der Waals surface area contributed by atoms with E-state index < -0.39 is 11.8 Å². The van der Waals surface area contributed by atoms with Gasteiger partial charge in [-0.15, -0.1) is 0 Å². The van der Waals surface area contributed by atoms with E-state index in [1.165, 1.54) is 0 Å². The molecule has 0 radical (unpaired) electrons. The van der Waals surface area contributed by atoms with Crippen LogP contribution in [0.2, 0.25) is 0 Å². The molecule has 0 unspecified atom stereocenters. The molecule has 0 bridgehead atoms. The molecule has 7 heteroatoms. The molecule has 2 saturated heterocycles. The number of amides is 3. The Bertz CT molecular complexity index is 742. The summed E-state index contributed by atoms with van der Waals surface area (Å²) in [6.45, 7) is 7.52. The van der Waals surface area contributed by atoms with E-state index >= 15 is 0 Å². The first-order valence-corrected chi connectivity index (χ1v) is 10.5. The Balaban J connectivity index is 1.85. The summed E-state index contributed by atoms with van der Waals surface area (Å²) < 4.78 is 6.15. The second-order valence-electron chi connectivity index (χ2n) is 8.09. The fourth-order valence-electron chi connectivity index (χ4n) is 4.09. The van der Waals surface area contributed by atoms with Crippen LogP contribution in [0.15, 0.2) is 30.3 Å². The Morgan fingerprint density at radius 3 is 2.41 bits per heavy atom. The summed E-state index contributed by atoms with van der Waals surface area (Å²) in [6.07, 6.45) is 1.83. The van der Waals surface area contributed by atoms with E-state index in [0.717, 1.165) is 6.42 Å². The molecule has 0 aromatic heterocycles. The van der Waals surface area contributed by atoms with Crippen molar-refractivity contribution in [2.75, 3.05) is 26.2 Å². The number of nitrogens with one attached hydrogen (secondary N) is 1. The maximum Gasteiger partial charge on any atom is 0.256 e. The molecule has 3 amide bonds. The van der Waals surface area contributed by atoms with Gasteiger partial charge in [0.25, 0.3) is 5.91 Å². The number of carbonyl (C=O) groups is 3. The van der Waals surface area contributed by atoms with Gasteiger partial charge in [0.05, 0.1) is 6.61 Å². The summed E-state index contributed by atoms with van der Waals surface area (Å²) in [5, 5.41) is 2.90. The van der Waals surface area contributed by atoms with Crippen LogP contribution in [-0.2, 0) is 14.3 Å². The molecule has 1 spiro atoms. The number of piperidine rings is 1. The minimum atomic E-state index is -0.852. The van der Waals surface area contributed by atoms with Crippen molar-refractivity contribution in [2.45, 2.75) is 51.8 Å². The highest BCUT2D eigenvalue weighted by molar-refractivity contribution is 5.98. The molecule has 29 heavy (non-hydrogen) atoms. The fraction of sp³-hybridized carbons (Fsp3) is 0.591. The summed E-state index contributed by atoms with van der Waals surface area (Å²) in [6, 6.07) is 8.33. The SMILES string of the molecule is CCCNC(=O)[C@@H]1COC2(CCN(C(=O)C(C)C)CC2)N1C(=O)c1ccccc1. The van der Waals surface area contributed by atoms with Gasteiger partial charge >= 0.3 is 0 Å². The number of nitrogens with zero attached hydrogens (tertiary/aromatic N) is 2. The number of carbonyl (C=O) groups excluding carboxylic acids is 3. The van der Waals surface area contributed by atoms with Crippen LogP contribution in [0.1, 0.15) is 50.4 Å². The minimum Gasteiger partial charge on any atom is -0.354 e. The predicted octanol–water partition coefficient (Wildman–Crippen LogP) is 2.03. The second-order valence-corrected chi connectivity index (χ2v) is 8.09. The average Bonchev–Trinajstić information content (AvgIpc) is 3.10. The largest absolute Gasteiger partial charge is 0.354 e. The Labute approximate surface area is 172 Å². The van der Waals surface area contributed by atoms with Crippen molar-refractivity contribution < 1.29 is 19.1 Å². The van der Waals surface area contributed by atoms with Gasteiger partial charge in [-0.1, -0.05) is 39.0 Å². The van der Waals surface area contributed by atoms with Crippen molar-refractivity contribution in [1.82, 2.24) is 15.1 Å².